The third kappa shape index (κ3) is 3.60. The second kappa shape index (κ2) is 6.79. The number of nitrogens with one attached hydrogen (secondary N) is 1. The van der Waals surface area contributed by atoms with Crippen LogP contribution < -0.4 is 10.9 Å². The summed E-state index contributed by atoms with van der Waals surface area (Å²) in [5.74, 6) is 0.429. The van der Waals surface area contributed by atoms with Gasteiger partial charge in [0.15, 0.2) is 10.8 Å². The lowest BCUT2D eigenvalue weighted by Crippen LogP contribution is -2.33. The maximum Gasteiger partial charge on any atom is 0.267 e. The molecule has 0 aliphatic rings. The lowest BCUT2D eigenvalue weighted by Gasteiger charge is -2.06. The van der Waals surface area contributed by atoms with Gasteiger partial charge < -0.3 is 9.73 Å². The number of carbonyl (C=O) groups is 1. The molecule has 0 atom stereocenters. The van der Waals surface area contributed by atoms with Gasteiger partial charge in [-0.05, 0) is 32.0 Å². The Morgan fingerprint density at radius 2 is 2.17 bits per heavy atom. The SMILES string of the molecule is Cc1ccc(=O)n(CC(=O)NCc2sc(-c3ccco3)nc2C)n1. The van der Waals surface area contributed by atoms with E-state index in [-0.39, 0.29) is 18.0 Å². The summed E-state index contributed by atoms with van der Waals surface area (Å²) in [5, 5.41) is 7.62. The van der Waals surface area contributed by atoms with Gasteiger partial charge in [-0.1, -0.05) is 0 Å². The van der Waals surface area contributed by atoms with Crippen LogP contribution in [0.3, 0.4) is 0 Å². The average Bonchev–Trinajstić information content (AvgIpc) is 3.18. The van der Waals surface area contributed by atoms with Gasteiger partial charge in [-0.2, -0.15) is 5.10 Å². The molecule has 0 aliphatic carbocycles. The van der Waals surface area contributed by atoms with E-state index in [4.69, 9.17) is 4.42 Å². The molecule has 1 amide bonds. The number of nitrogens with zero attached hydrogens (tertiary/aromatic N) is 3. The highest BCUT2D eigenvalue weighted by Crippen LogP contribution is 2.27. The van der Waals surface area contributed by atoms with Crippen molar-refractivity contribution in [2.24, 2.45) is 0 Å². The van der Waals surface area contributed by atoms with Crippen molar-refractivity contribution in [1.29, 1.82) is 0 Å². The summed E-state index contributed by atoms with van der Waals surface area (Å²) in [6, 6.07) is 6.67. The minimum absolute atomic E-state index is 0.108. The molecule has 0 radical (unpaired) electrons. The first-order valence-electron chi connectivity index (χ1n) is 7.34. The Morgan fingerprint density at radius 3 is 2.92 bits per heavy atom. The molecule has 0 saturated heterocycles. The van der Waals surface area contributed by atoms with E-state index in [9.17, 15) is 9.59 Å². The summed E-state index contributed by atoms with van der Waals surface area (Å²) in [6.07, 6.45) is 1.60. The second-order valence-electron chi connectivity index (χ2n) is 5.25. The summed E-state index contributed by atoms with van der Waals surface area (Å²) in [4.78, 5) is 29.1. The second-order valence-corrected chi connectivity index (χ2v) is 6.34. The van der Waals surface area contributed by atoms with Crippen molar-refractivity contribution in [3.63, 3.8) is 0 Å². The summed E-state index contributed by atoms with van der Waals surface area (Å²) in [7, 11) is 0. The van der Waals surface area contributed by atoms with E-state index in [2.05, 4.69) is 15.4 Å². The van der Waals surface area contributed by atoms with E-state index in [1.165, 1.54) is 17.4 Å². The number of carbonyl (C=O) groups excluding carboxylic acids is 1. The van der Waals surface area contributed by atoms with Gasteiger partial charge >= 0.3 is 0 Å². The van der Waals surface area contributed by atoms with Crippen LogP contribution in [0.5, 0.6) is 0 Å². The van der Waals surface area contributed by atoms with Crippen molar-refractivity contribution in [1.82, 2.24) is 20.1 Å². The molecule has 3 rings (SSSR count). The molecular weight excluding hydrogens is 328 g/mol. The smallest absolute Gasteiger partial charge is 0.267 e. The molecule has 0 saturated carbocycles. The highest BCUT2D eigenvalue weighted by molar-refractivity contribution is 7.15. The molecule has 0 fully saturated rings. The summed E-state index contributed by atoms with van der Waals surface area (Å²) in [6.45, 7) is 3.90. The van der Waals surface area contributed by atoms with E-state index in [1.807, 2.05) is 13.0 Å². The molecule has 0 aliphatic heterocycles. The Kier molecular flexibility index (Phi) is 4.57. The molecule has 7 nitrogen and oxygen atoms in total. The Morgan fingerprint density at radius 1 is 1.33 bits per heavy atom. The van der Waals surface area contributed by atoms with Gasteiger partial charge in [-0.25, -0.2) is 9.67 Å². The minimum atomic E-state index is -0.301. The number of furan rings is 1. The number of hydrogen-bond donors (Lipinski definition) is 1. The number of aryl methyl sites for hydroxylation is 2. The first kappa shape index (κ1) is 16.1. The van der Waals surface area contributed by atoms with Crippen LogP contribution in [0.4, 0.5) is 0 Å². The van der Waals surface area contributed by atoms with Crippen LogP contribution >= 0.6 is 11.3 Å². The molecule has 0 bridgehead atoms. The van der Waals surface area contributed by atoms with Gasteiger partial charge in [0.05, 0.1) is 24.2 Å². The molecule has 8 heteroatoms. The van der Waals surface area contributed by atoms with Crippen LogP contribution in [-0.4, -0.2) is 20.7 Å². The van der Waals surface area contributed by atoms with E-state index < -0.39 is 0 Å². The van der Waals surface area contributed by atoms with Crippen molar-refractivity contribution in [2.75, 3.05) is 0 Å². The van der Waals surface area contributed by atoms with Gasteiger partial charge in [0, 0.05) is 10.9 Å². The molecule has 124 valence electrons. The van der Waals surface area contributed by atoms with Crippen LogP contribution in [0, 0.1) is 13.8 Å². The van der Waals surface area contributed by atoms with Gasteiger partial charge in [0.2, 0.25) is 5.91 Å². The van der Waals surface area contributed by atoms with Gasteiger partial charge in [-0.15, -0.1) is 11.3 Å². The van der Waals surface area contributed by atoms with Gasteiger partial charge in [0.25, 0.3) is 5.56 Å². The average molecular weight is 344 g/mol. The van der Waals surface area contributed by atoms with Crippen molar-refractivity contribution < 1.29 is 9.21 Å². The number of amides is 1. The first-order valence-corrected chi connectivity index (χ1v) is 8.16. The molecule has 3 aromatic heterocycles. The minimum Gasteiger partial charge on any atom is -0.462 e. The van der Waals surface area contributed by atoms with Crippen molar-refractivity contribution >= 4 is 17.2 Å². The normalized spacial score (nSPS) is 10.8. The molecule has 3 heterocycles. The number of thiazole rings is 1. The fourth-order valence-electron chi connectivity index (χ4n) is 2.13. The van der Waals surface area contributed by atoms with E-state index >= 15 is 0 Å². The fraction of sp³-hybridized carbons (Fsp3) is 0.250. The van der Waals surface area contributed by atoms with E-state index in [0.29, 0.717) is 18.0 Å². The zero-order chi connectivity index (χ0) is 17.1. The van der Waals surface area contributed by atoms with Crippen LogP contribution in [0.2, 0.25) is 0 Å². The molecule has 0 aromatic carbocycles. The predicted octanol–water partition coefficient (Wildman–Crippen LogP) is 1.89. The quantitative estimate of drug-likeness (QED) is 0.763. The third-order valence-electron chi connectivity index (χ3n) is 3.36. The lowest BCUT2D eigenvalue weighted by atomic mass is 10.4. The fourth-order valence-corrected chi connectivity index (χ4v) is 3.10. The number of hydrogen-bond acceptors (Lipinski definition) is 6. The Labute approximate surface area is 142 Å². The van der Waals surface area contributed by atoms with Gasteiger partial charge in [-0.3, -0.25) is 9.59 Å². The highest BCUT2D eigenvalue weighted by atomic mass is 32.1. The lowest BCUT2D eigenvalue weighted by molar-refractivity contribution is -0.122. The van der Waals surface area contributed by atoms with E-state index in [0.717, 1.165) is 20.3 Å². The number of aromatic nitrogens is 3. The molecule has 0 unspecified atom stereocenters. The van der Waals surface area contributed by atoms with Crippen LogP contribution in [0.25, 0.3) is 10.8 Å². The van der Waals surface area contributed by atoms with Crippen molar-refractivity contribution in [2.45, 2.75) is 26.9 Å². The van der Waals surface area contributed by atoms with Gasteiger partial charge in [0.1, 0.15) is 6.54 Å². The first-order chi connectivity index (χ1) is 11.5. The summed E-state index contributed by atoms with van der Waals surface area (Å²) < 4.78 is 6.48. The number of rotatable bonds is 5. The summed E-state index contributed by atoms with van der Waals surface area (Å²) in [5.41, 5.74) is 1.23. The molecular formula is C16H16N4O3S. The Hall–Kier alpha value is -2.74. The molecule has 1 N–H and O–H groups in total. The van der Waals surface area contributed by atoms with Crippen LogP contribution in [-0.2, 0) is 17.9 Å². The monoisotopic (exact) mass is 344 g/mol. The molecule has 24 heavy (non-hydrogen) atoms. The zero-order valence-electron chi connectivity index (χ0n) is 13.3. The van der Waals surface area contributed by atoms with Crippen LogP contribution in [0.1, 0.15) is 16.3 Å². The van der Waals surface area contributed by atoms with E-state index in [1.54, 1.807) is 25.3 Å². The standard InChI is InChI=1S/C16H16N4O3S/c1-10-5-6-15(22)20(19-10)9-14(21)17-8-13-11(2)18-16(24-13)12-4-3-7-23-12/h3-7H,8-9H2,1-2H3,(H,17,21). The maximum absolute atomic E-state index is 12.1. The summed E-state index contributed by atoms with van der Waals surface area (Å²) >= 11 is 1.47. The predicted molar refractivity (Wildman–Crippen MR) is 89.6 cm³/mol. The van der Waals surface area contributed by atoms with Crippen LogP contribution in [0.15, 0.2) is 39.7 Å². The molecule has 0 spiro atoms. The largest absolute Gasteiger partial charge is 0.462 e. The highest BCUT2D eigenvalue weighted by Gasteiger charge is 2.13. The molecule has 3 aromatic rings. The van der Waals surface area contributed by atoms with Crippen molar-refractivity contribution in [3.8, 4) is 10.8 Å². The third-order valence-corrected chi connectivity index (χ3v) is 4.54. The topological polar surface area (TPSA) is 90.0 Å². The maximum atomic E-state index is 12.1. The van der Waals surface area contributed by atoms with Crippen molar-refractivity contribution in [3.05, 3.63) is 57.1 Å². The Bertz CT molecular complexity index is 912. The Balaban J connectivity index is 1.64. The zero-order valence-corrected chi connectivity index (χ0v) is 14.1.